The van der Waals surface area contributed by atoms with Crippen LogP contribution in [0.15, 0.2) is 41.0 Å². The highest BCUT2D eigenvalue weighted by Crippen LogP contribution is 2.21. The number of hydrogen-bond acceptors (Lipinski definition) is 1. The third-order valence-electron chi connectivity index (χ3n) is 2.42. The molecule has 1 heterocycles. The molecule has 0 amide bonds. The minimum Gasteiger partial charge on any atom is -0.477 e. The second-order valence-electron chi connectivity index (χ2n) is 3.54. The topological polar surface area (TPSA) is 42.2 Å². The van der Waals surface area contributed by atoms with Crippen molar-refractivity contribution >= 4 is 21.9 Å². The summed E-state index contributed by atoms with van der Waals surface area (Å²) in [5.74, 6) is -1.35. The fourth-order valence-electron chi connectivity index (χ4n) is 1.60. The van der Waals surface area contributed by atoms with Crippen LogP contribution < -0.4 is 0 Å². The lowest BCUT2D eigenvalue weighted by atomic mass is 10.2. The maximum Gasteiger partial charge on any atom is 0.352 e. The molecule has 0 aliphatic heterocycles. The van der Waals surface area contributed by atoms with Crippen molar-refractivity contribution in [1.29, 1.82) is 0 Å². The van der Waals surface area contributed by atoms with E-state index in [1.54, 1.807) is 29.0 Å². The van der Waals surface area contributed by atoms with E-state index < -0.39 is 5.97 Å². The third-order valence-corrected chi connectivity index (χ3v) is 3.31. The molecule has 0 spiro atoms. The number of aromatic carboxylic acids is 1. The molecule has 3 nitrogen and oxygen atoms in total. The molecule has 1 aromatic heterocycles. The number of rotatable bonds is 3. The summed E-state index contributed by atoms with van der Waals surface area (Å²) in [7, 11) is 0. The fraction of sp³-hybridized carbons (Fsp3) is 0.0833. The van der Waals surface area contributed by atoms with Gasteiger partial charge in [-0.3, -0.25) is 0 Å². The van der Waals surface area contributed by atoms with Gasteiger partial charge >= 0.3 is 5.97 Å². The normalized spacial score (nSPS) is 10.5. The molecule has 0 fully saturated rings. The van der Waals surface area contributed by atoms with E-state index in [0.717, 1.165) is 0 Å². The van der Waals surface area contributed by atoms with E-state index in [-0.39, 0.29) is 11.5 Å². The molecule has 0 saturated carbocycles. The Labute approximate surface area is 106 Å². The number of aromatic nitrogens is 1. The lowest BCUT2D eigenvalue weighted by Gasteiger charge is -2.08. The van der Waals surface area contributed by atoms with Crippen LogP contribution in [-0.4, -0.2) is 15.6 Å². The van der Waals surface area contributed by atoms with Crippen LogP contribution in [0.2, 0.25) is 0 Å². The van der Waals surface area contributed by atoms with Crippen molar-refractivity contribution in [1.82, 2.24) is 4.57 Å². The largest absolute Gasteiger partial charge is 0.477 e. The molecule has 2 aromatic rings. The van der Waals surface area contributed by atoms with Gasteiger partial charge in [-0.25, -0.2) is 9.18 Å². The summed E-state index contributed by atoms with van der Waals surface area (Å²) in [6.07, 6.45) is 1.65. The fourth-order valence-corrected chi connectivity index (χ4v) is 1.99. The van der Waals surface area contributed by atoms with E-state index in [0.29, 0.717) is 16.6 Å². The summed E-state index contributed by atoms with van der Waals surface area (Å²) in [6, 6.07) is 7.85. The molecule has 5 heteroatoms. The number of carboxylic acid groups (broad SMARTS) is 1. The maximum absolute atomic E-state index is 13.3. The molecule has 0 bridgehead atoms. The molecular formula is C12H9BrFNO2. The first-order valence-electron chi connectivity index (χ1n) is 4.91. The summed E-state index contributed by atoms with van der Waals surface area (Å²) in [4.78, 5) is 10.9. The lowest BCUT2D eigenvalue weighted by Crippen LogP contribution is -2.09. The number of carbonyl (C=O) groups is 1. The predicted octanol–water partition coefficient (Wildman–Crippen LogP) is 3.14. The Bertz CT molecular complexity index is 565. The molecule has 1 N–H and O–H groups in total. The van der Waals surface area contributed by atoms with Crippen LogP contribution in [0.4, 0.5) is 4.39 Å². The molecule has 1 aromatic carbocycles. The lowest BCUT2D eigenvalue weighted by molar-refractivity contribution is 0.0685. The summed E-state index contributed by atoms with van der Waals surface area (Å²) in [5, 5.41) is 8.95. The first-order valence-corrected chi connectivity index (χ1v) is 5.70. The Morgan fingerprint density at radius 3 is 2.82 bits per heavy atom. The van der Waals surface area contributed by atoms with E-state index >= 15 is 0 Å². The first kappa shape index (κ1) is 11.9. The van der Waals surface area contributed by atoms with Crippen molar-refractivity contribution in [2.45, 2.75) is 6.54 Å². The zero-order chi connectivity index (χ0) is 12.4. The highest BCUT2D eigenvalue weighted by Gasteiger charge is 2.11. The van der Waals surface area contributed by atoms with Crippen LogP contribution in [0.1, 0.15) is 16.1 Å². The molecule has 0 atom stereocenters. The standard InChI is InChI=1S/C12H9BrFNO2/c13-11-8(3-1-4-9(11)14)7-15-6-2-5-10(15)12(16)17/h1-6H,7H2,(H,16,17). The zero-order valence-corrected chi connectivity index (χ0v) is 10.3. The Hall–Kier alpha value is -1.62. The maximum atomic E-state index is 13.3. The molecular weight excluding hydrogens is 289 g/mol. The highest BCUT2D eigenvalue weighted by atomic mass is 79.9. The molecule has 0 aliphatic carbocycles. The van der Waals surface area contributed by atoms with Gasteiger partial charge in [0.15, 0.2) is 0 Å². The van der Waals surface area contributed by atoms with Crippen molar-refractivity contribution in [3.63, 3.8) is 0 Å². The number of halogens is 2. The van der Waals surface area contributed by atoms with Gasteiger partial charge in [-0.05, 0) is 39.7 Å². The van der Waals surface area contributed by atoms with Crippen molar-refractivity contribution in [3.05, 3.63) is 58.1 Å². The van der Waals surface area contributed by atoms with Crippen LogP contribution >= 0.6 is 15.9 Å². The van der Waals surface area contributed by atoms with Crippen LogP contribution in [0.5, 0.6) is 0 Å². The minimum absolute atomic E-state index is 0.182. The van der Waals surface area contributed by atoms with Gasteiger partial charge in [0.2, 0.25) is 0 Å². The summed E-state index contributed by atoms with van der Waals surface area (Å²) < 4.78 is 15.2. The molecule has 17 heavy (non-hydrogen) atoms. The molecule has 0 aliphatic rings. The number of benzene rings is 1. The van der Waals surface area contributed by atoms with Gasteiger partial charge in [0.25, 0.3) is 0 Å². The van der Waals surface area contributed by atoms with Gasteiger partial charge in [0.1, 0.15) is 11.5 Å². The van der Waals surface area contributed by atoms with Gasteiger partial charge < -0.3 is 9.67 Å². The van der Waals surface area contributed by atoms with Crippen molar-refractivity contribution < 1.29 is 14.3 Å². The Morgan fingerprint density at radius 1 is 1.35 bits per heavy atom. The average Bonchev–Trinajstić information content (AvgIpc) is 2.73. The summed E-state index contributed by atoms with van der Waals surface area (Å²) >= 11 is 3.15. The van der Waals surface area contributed by atoms with Gasteiger partial charge in [-0.15, -0.1) is 0 Å². The van der Waals surface area contributed by atoms with Crippen molar-refractivity contribution in [3.8, 4) is 0 Å². The first-order chi connectivity index (χ1) is 8.09. The Morgan fingerprint density at radius 2 is 2.12 bits per heavy atom. The van der Waals surface area contributed by atoms with Gasteiger partial charge in [-0.1, -0.05) is 12.1 Å². The quantitative estimate of drug-likeness (QED) is 0.946. The van der Waals surface area contributed by atoms with E-state index in [2.05, 4.69) is 15.9 Å². The monoisotopic (exact) mass is 297 g/mol. The van der Waals surface area contributed by atoms with Gasteiger partial charge in [0.05, 0.1) is 4.47 Å². The molecule has 0 unspecified atom stereocenters. The smallest absolute Gasteiger partial charge is 0.352 e. The van der Waals surface area contributed by atoms with Crippen molar-refractivity contribution in [2.75, 3.05) is 0 Å². The van der Waals surface area contributed by atoms with E-state index in [9.17, 15) is 9.18 Å². The summed E-state index contributed by atoms with van der Waals surface area (Å²) in [5.41, 5.74) is 0.880. The summed E-state index contributed by atoms with van der Waals surface area (Å²) in [6.45, 7) is 0.312. The van der Waals surface area contributed by atoms with Crippen LogP contribution in [0.3, 0.4) is 0 Å². The molecule has 2 rings (SSSR count). The number of hydrogen-bond donors (Lipinski definition) is 1. The third kappa shape index (κ3) is 2.39. The van der Waals surface area contributed by atoms with Crippen LogP contribution in [0, 0.1) is 5.82 Å². The van der Waals surface area contributed by atoms with E-state index in [1.165, 1.54) is 12.1 Å². The second-order valence-corrected chi connectivity index (χ2v) is 4.33. The number of carboxylic acids is 1. The second kappa shape index (κ2) is 4.71. The molecule has 88 valence electrons. The Kier molecular flexibility index (Phi) is 3.28. The van der Waals surface area contributed by atoms with Gasteiger partial charge in [-0.2, -0.15) is 0 Å². The van der Waals surface area contributed by atoms with Crippen LogP contribution in [-0.2, 0) is 6.54 Å². The van der Waals surface area contributed by atoms with Crippen LogP contribution in [0.25, 0.3) is 0 Å². The van der Waals surface area contributed by atoms with Gasteiger partial charge in [0, 0.05) is 12.7 Å². The van der Waals surface area contributed by atoms with Crippen molar-refractivity contribution in [2.24, 2.45) is 0 Å². The SMILES string of the molecule is O=C(O)c1cccn1Cc1cccc(F)c1Br. The highest BCUT2D eigenvalue weighted by molar-refractivity contribution is 9.10. The number of nitrogens with zero attached hydrogens (tertiary/aromatic N) is 1. The van der Waals surface area contributed by atoms with E-state index in [1.807, 2.05) is 0 Å². The van der Waals surface area contributed by atoms with E-state index in [4.69, 9.17) is 5.11 Å². The average molecular weight is 298 g/mol. The Balaban J connectivity index is 2.35. The molecule has 0 saturated heterocycles. The minimum atomic E-state index is -0.998. The predicted molar refractivity (Wildman–Crippen MR) is 64.6 cm³/mol. The molecule has 0 radical (unpaired) electrons. The zero-order valence-electron chi connectivity index (χ0n) is 8.73.